The quantitative estimate of drug-likeness (QED) is 0.409. The van der Waals surface area contributed by atoms with E-state index >= 15 is 0 Å². The molecule has 2 heterocycles. The predicted molar refractivity (Wildman–Crippen MR) is 136 cm³/mol. The number of fused-ring (bicyclic) bond motifs is 1. The Bertz CT molecular complexity index is 1170. The lowest BCUT2D eigenvalue weighted by Gasteiger charge is -2.33. The monoisotopic (exact) mass is 480 g/mol. The number of ether oxygens (including phenoxy) is 2. The predicted octanol–water partition coefficient (Wildman–Crippen LogP) is 6.19. The van der Waals surface area contributed by atoms with Gasteiger partial charge in [-0.3, -0.25) is 4.79 Å². The van der Waals surface area contributed by atoms with Gasteiger partial charge in [0.1, 0.15) is 10.8 Å². The first kappa shape index (κ1) is 24.1. The molecule has 1 atom stereocenters. The number of para-hydroxylation sites is 1. The molecule has 0 saturated heterocycles. The first-order valence-electron chi connectivity index (χ1n) is 11.5. The molecule has 0 bridgehead atoms. The molecule has 6 nitrogen and oxygen atoms in total. The summed E-state index contributed by atoms with van der Waals surface area (Å²) >= 11 is 1.62. The number of rotatable bonds is 7. The smallest absolute Gasteiger partial charge is 0.255 e. The topological polar surface area (TPSA) is 73.1 Å². The second-order valence-corrected chi connectivity index (χ2v) is 10.7. The third-order valence-electron chi connectivity index (χ3n) is 6.46. The molecule has 1 aromatic carbocycles. The third kappa shape index (κ3) is 5.04. The largest absolute Gasteiger partial charge is 0.493 e. The number of furan rings is 1. The van der Waals surface area contributed by atoms with Crippen LogP contribution in [-0.4, -0.2) is 26.3 Å². The highest BCUT2D eigenvalue weighted by atomic mass is 32.1. The van der Waals surface area contributed by atoms with Crippen LogP contribution in [0.2, 0.25) is 0 Å². The Morgan fingerprint density at radius 2 is 2.06 bits per heavy atom. The van der Waals surface area contributed by atoms with Crippen molar-refractivity contribution in [2.75, 3.05) is 14.2 Å². The van der Waals surface area contributed by atoms with Crippen molar-refractivity contribution < 1.29 is 18.7 Å². The van der Waals surface area contributed by atoms with E-state index in [9.17, 15) is 4.79 Å². The fourth-order valence-corrected chi connectivity index (χ4v) is 5.72. The van der Waals surface area contributed by atoms with Gasteiger partial charge < -0.3 is 19.2 Å². The van der Waals surface area contributed by atoms with Gasteiger partial charge in [0.15, 0.2) is 11.5 Å². The van der Waals surface area contributed by atoms with Crippen LogP contribution in [-0.2, 0) is 19.4 Å². The summed E-state index contributed by atoms with van der Waals surface area (Å²) in [4.78, 5) is 19.4. The summed E-state index contributed by atoms with van der Waals surface area (Å²) in [6.45, 7) is 7.22. The van der Waals surface area contributed by atoms with Crippen molar-refractivity contribution in [2.24, 2.45) is 16.3 Å². The highest BCUT2D eigenvalue weighted by molar-refractivity contribution is 7.16. The minimum atomic E-state index is -0.118. The Morgan fingerprint density at radius 1 is 1.24 bits per heavy atom. The van der Waals surface area contributed by atoms with Crippen LogP contribution in [0.3, 0.4) is 0 Å². The number of carbonyl (C=O) groups excluding carboxylic acids is 1. The zero-order valence-corrected chi connectivity index (χ0v) is 21.3. The standard InChI is InChI=1S/C27H32N2O4S/c1-27(2,3)18-11-12-20-22(14-18)34-26(23(20)25(30)28-16-19-9-7-13-33-19)29-15-17-8-6-10-21(31-4)24(17)32-5/h6-10,13,15,18H,11-12,14,16H2,1-5H3,(H,28,30)/t18-/m1/s1. The maximum absolute atomic E-state index is 13.3. The lowest BCUT2D eigenvalue weighted by molar-refractivity contribution is 0.0947. The Hall–Kier alpha value is -3.06. The van der Waals surface area contributed by atoms with Crippen LogP contribution in [0.25, 0.3) is 0 Å². The fraction of sp³-hybridized carbons (Fsp3) is 0.407. The second kappa shape index (κ2) is 10.1. The van der Waals surface area contributed by atoms with Gasteiger partial charge in [-0.15, -0.1) is 11.3 Å². The fourth-order valence-electron chi connectivity index (χ4n) is 4.45. The average molecular weight is 481 g/mol. The zero-order chi connectivity index (χ0) is 24.3. The average Bonchev–Trinajstić information content (AvgIpc) is 3.47. The number of methoxy groups -OCH3 is 2. The van der Waals surface area contributed by atoms with Crippen molar-refractivity contribution in [1.29, 1.82) is 0 Å². The van der Waals surface area contributed by atoms with Gasteiger partial charge in [0, 0.05) is 16.7 Å². The van der Waals surface area contributed by atoms with Crippen LogP contribution in [0.15, 0.2) is 46.0 Å². The third-order valence-corrected chi connectivity index (χ3v) is 7.62. The Labute approximate surface area is 205 Å². The van der Waals surface area contributed by atoms with Gasteiger partial charge in [0.25, 0.3) is 5.91 Å². The van der Waals surface area contributed by atoms with Crippen molar-refractivity contribution in [3.05, 3.63) is 63.9 Å². The van der Waals surface area contributed by atoms with E-state index in [1.165, 1.54) is 4.88 Å². The van der Waals surface area contributed by atoms with Crippen LogP contribution < -0.4 is 14.8 Å². The van der Waals surface area contributed by atoms with Crippen molar-refractivity contribution in [3.63, 3.8) is 0 Å². The van der Waals surface area contributed by atoms with Gasteiger partial charge in [0.2, 0.25) is 0 Å². The molecule has 0 fully saturated rings. The molecule has 7 heteroatoms. The number of carbonyl (C=O) groups is 1. The summed E-state index contributed by atoms with van der Waals surface area (Å²) in [5, 5.41) is 3.74. The van der Waals surface area contributed by atoms with E-state index in [1.54, 1.807) is 38.0 Å². The number of nitrogens with one attached hydrogen (secondary N) is 1. The molecule has 0 radical (unpaired) electrons. The lowest BCUT2D eigenvalue weighted by atomic mass is 9.72. The molecule has 4 rings (SSSR count). The van der Waals surface area contributed by atoms with E-state index in [2.05, 4.69) is 26.1 Å². The maximum atomic E-state index is 13.3. The van der Waals surface area contributed by atoms with E-state index in [4.69, 9.17) is 18.9 Å². The normalized spacial score (nSPS) is 15.9. The Kier molecular flexibility index (Phi) is 7.12. The Balaban J connectivity index is 1.69. The number of hydrogen-bond acceptors (Lipinski definition) is 6. The van der Waals surface area contributed by atoms with Crippen LogP contribution in [0.1, 0.15) is 59.3 Å². The molecule has 1 aliphatic rings. The number of amides is 1. The molecule has 0 unspecified atom stereocenters. The van der Waals surface area contributed by atoms with Gasteiger partial charge in [-0.1, -0.05) is 26.8 Å². The molecule has 1 N–H and O–H groups in total. The van der Waals surface area contributed by atoms with Crippen LogP contribution >= 0.6 is 11.3 Å². The number of benzene rings is 1. The van der Waals surface area contributed by atoms with Crippen molar-refractivity contribution in [2.45, 2.75) is 46.6 Å². The van der Waals surface area contributed by atoms with Crippen LogP contribution in [0, 0.1) is 11.3 Å². The summed E-state index contributed by atoms with van der Waals surface area (Å²) in [7, 11) is 3.22. The molecule has 2 aromatic heterocycles. The first-order chi connectivity index (χ1) is 16.3. The molecule has 3 aromatic rings. The van der Waals surface area contributed by atoms with Crippen LogP contribution in [0.4, 0.5) is 5.00 Å². The summed E-state index contributed by atoms with van der Waals surface area (Å²) in [5.41, 5.74) is 2.83. The minimum absolute atomic E-state index is 0.118. The lowest BCUT2D eigenvalue weighted by Crippen LogP contribution is -2.28. The highest BCUT2D eigenvalue weighted by Gasteiger charge is 2.33. The molecule has 0 aliphatic heterocycles. The number of hydrogen-bond donors (Lipinski definition) is 1. The molecule has 34 heavy (non-hydrogen) atoms. The molecule has 180 valence electrons. The summed E-state index contributed by atoms with van der Waals surface area (Å²) in [6.07, 6.45) is 6.29. The van der Waals surface area contributed by atoms with E-state index in [1.807, 2.05) is 30.3 Å². The summed E-state index contributed by atoms with van der Waals surface area (Å²) < 4.78 is 16.3. The van der Waals surface area contributed by atoms with Gasteiger partial charge in [-0.05, 0) is 60.4 Å². The SMILES string of the molecule is COc1cccc(C=Nc2sc3c(c2C(=O)NCc2ccco2)CC[C@@H](C(C)(C)C)C3)c1OC. The van der Waals surface area contributed by atoms with E-state index in [0.717, 1.165) is 41.2 Å². The Morgan fingerprint density at radius 3 is 2.74 bits per heavy atom. The van der Waals surface area contributed by atoms with E-state index in [0.29, 0.717) is 29.5 Å². The van der Waals surface area contributed by atoms with E-state index < -0.39 is 0 Å². The molecular formula is C27H32N2O4S. The second-order valence-electron chi connectivity index (χ2n) is 9.59. The van der Waals surface area contributed by atoms with Crippen molar-refractivity contribution in [1.82, 2.24) is 5.32 Å². The molecular weight excluding hydrogens is 448 g/mol. The van der Waals surface area contributed by atoms with Gasteiger partial charge in [-0.2, -0.15) is 0 Å². The summed E-state index contributed by atoms with van der Waals surface area (Å²) in [5.74, 6) is 2.44. The molecule has 1 aliphatic carbocycles. The van der Waals surface area contributed by atoms with Crippen molar-refractivity contribution >= 4 is 28.5 Å². The van der Waals surface area contributed by atoms with Gasteiger partial charge in [0.05, 0.1) is 32.6 Å². The number of aliphatic imine (C=N–C) groups is 1. The zero-order valence-electron chi connectivity index (χ0n) is 20.4. The maximum Gasteiger partial charge on any atom is 0.255 e. The van der Waals surface area contributed by atoms with Crippen LogP contribution in [0.5, 0.6) is 11.5 Å². The molecule has 1 amide bonds. The first-order valence-corrected chi connectivity index (χ1v) is 12.3. The van der Waals surface area contributed by atoms with Gasteiger partial charge >= 0.3 is 0 Å². The van der Waals surface area contributed by atoms with Gasteiger partial charge in [-0.25, -0.2) is 4.99 Å². The number of thiophene rings is 1. The minimum Gasteiger partial charge on any atom is -0.493 e. The highest BCUT2D eigenvalue weighted by Crippen LogP contribution is 2.45. The number of nitrogens with zero attached hydrogens (tertiary/aromatic N) is 1. The van der Waals surface area contributed by atoms with Crippen molar-refractivity contribution in [3.8, 4) is 11.5 Å². The molecule has 0 spiro atoms. The summed E-state index contributed by atoms with van der Waals surface area (Å²) in [6, 6.07) is 9.33. The molecule has 0 saturated carbocycles. The van der Waals surface area contributed by atoms with E-state index in [-0.39, 0.29) is 11.3 Å².